The summed E-state index contributed by atoms with van der Waals surface area (Å²) in [5, 5.41) is 2.86. The van der Waals surface area contributed by atoms with Gasteiger partial charge in [-0.3, -0.25) is 4.79 Å². The van der Waals surface area contributed by atoms with Gasteiger partial charge in [-0.2, -0.15) is 0 Å². The molecule has 6 heteroatoms. The zero-order valence-electron chi connectivity index (χ0n) is 15.6. The Morgan fingerprint density at radius 2 is 1.81 bits per heavy atom. The summed E-state index contributed by atoms with van der Waals surface area (Å²) in [6, 6.07) is 11.5. The SMILES string of the molecule is Cc1ccc(OC(C)C(=O)Nc2ccc(N3CCN(C)CC3)nc2)cc1. The molecular formula is C20H26N4O2. The molecule has 2 aromatic rings. The summed E-state index contributed by atoms with van der Waals surface area (Å²) in [6.45, 7) is 7.76. The lowest BCUT2D eigenvalue weighted by molar-refractivity contribution is -0.122. The van der Waals surface area contributed by atoms with Crippen molar-refractivity contribution in [2.24, 2.45) is 0 Å². The molecule has 3 rings (SSSR count). The number of hydrogen-bond donors (Lipinski definition) is 1. The van der Waals surface area contributed by atoms with Crippen molar-refractivity contribution in [2.75, 3.05) is 43.4 Å². The normalized spacial score (nSPS) is 16.2. The number of nitrogens with zero attached hydrogens (tertiary/aromatic N) is 3. The molecule has 1 aliphatic heterocycles. The summed E-state index contributed by atoms with van der Waals surface area (Å²) >= 11 is 0. The highest BCUT2D eigenvalue weighted by atomic mass is 16.5. The van der Waals surface area contributed by atoms with Gasteiger partial charge in [0.2, 0.25) is 0 Å². The van der Waals surface area contributed by atoms with Gasteiger partial charge in [0.25, 0.3) is 5.91 Å². The van der Waals surface area contributed by atoms with Gasteiger partial charge in [0.05, 0.1) is 11.9 Å². The molecule has 138 valence electrons. The lowest BCUT2D eigenvalue weighted by Crippen LogP contribution is -2.44. The van der Waals surface area contributed by atoms with Crippen molar-refractivity contribution in [3.8, 4) is 5.75 Å². The number of likely N-dealkylation sites (N-methyl/N-ethyl adjacent to an activating group) is 1. The van der Waals surface area contributed by atoms with Crippen LogP contribution >= 0.6 is 0 Å². The Hall–Kier alpha value is -2.60. The second kappa shape index (κ2) is 8.19. The number of pyridine rings is 1. The molecule has 0 radical (unpaired) electrons. The van der Waals surface area contributed by atoms with Gasteiger partial charge in [0.1, 0.15) is 11.6 Å². The Morgan fingerprint density at radius 1 is 1.12 bits per heavy atom. The summed E-state index contributed by atoms with van der Waals surface area (Å²) in [4.78, 5) is 21.4. The van der Waals surface area contributed by atoms with Crippen LogP contribution < -0.4 is 15.0 Å². The average Bonchev–Trinajstić information content (AvgIpc) is 2.65. The number of aryl methyl sites for hydroxylation is 1. The highest BCUT2D eigenvalue weighted by Gasteiger charge is 2.17. The molecule has 2 heterocycles. The number of benzene rings is 1. The Balaban J connectivity index is 1.54. The van der Waals surface area contributed by atoms with Gasteiger partial charge in [0, 0.05) is 26.2 Å². The number of nitrogens with one attached hydrogen (secondary N) is 1. The molecule has 0 bridgehead atoms. The van der Waals surface area contributed by atoms with Gasteiger partial charge < -0.3 is 19.9 Å². The minimum atomic E-state index is -0.588. The van der Waals surface area contributed by atoms with Crippen molar-refractivity contribution in [1.82, 2.24) is 9.88 Å². The number of piperazine rings is 1. The maximum Gasteiger partial charge on any atom is 0.265 e. The van der Waals surface area contributed by atoms with Gasteiger partial charge in [0.15, 0.2) is 6.10 Å². The number of rotatable bonds is 5. The van der Waals surface area contributed by atoms with Crippen LogP contribution in [0.5, 0.6) is 5.75 Å². The lowest BCUT2D eigenvalue weighted by Gasteiger charge is -2.33. The van der Waals surface area contributed by atoms with Gasteiger partial charge in [-0.25, -0.2) is 4.98 Å². The zero-order valence-corrected chi connectivity index (χ0v) is 15.6. The van der Waals surface area contributed by atoms with Crippen molar-refractivity contribution in [3.63, 3.8) is 0 Å². The fraction of sp³-hybridized carbons (Fsp3) is 0.400. The highest BCUT2D eigenvalue weighted by Crippen LogP contribution is 2.17. The molecule has 1 aromatic carbocycles. The van der Waals surface area contributed by atoms with E-state index in [0.29, 0.717) is 11.4 Å². The van der Waals surface area contributed by atoms with Crippen LogP contribution in [-0.2, 0) is 4.79 Å². The lowest BCUT2D eigenvalue weighted by atomic mass is 10.2. The number of aromatic nitrogens is 1. The predicted molar refractivity (Wildman–Crippen MR) is 104 cm³/mol. The third-order valence-corrected chi connectivity index (χ3v) is 4.55. The summed E-state index contributed by atoms with van der Waals surface area (Å²) in [7, 11) is 2.13. The molecular weight excluding hydrogens is 328 g/mol. The fourth-order valence-electron chi connectivity index (χ4n) is 2.80. The van der Waals surface area contributed by atoms with Crippen LogP contribution in [0.1, 0.15) is 12.5 Å². The van der Waals surface area contributed by atoms with Crippen molar-refractivity contribution >= 4 is 17.4 Å². The fourth-order valence-corrected chi connectivity index (χ4v) is 2.80. The van der Waals surface area contributed by atoms with Crippen LogP contribution in [0.3, 0.4) is 0 Å². The molecule has 0 aliphatic carbocycles. The van der Waals surface area contributed by atoms with Crippen molar-refractivity contribution in [3.05, 3.63) is 48.2 Å². The van der Waals surface area contributed by atoms with Crippen LogP contribution in [0.4, 0.5) is 11.5 Å². The first-order valence-corrected chi connectivity index (χ1v) is 8.95. The summed E-state index contributed by atoms with van der Waals surface area (Å²) in [5.41, 5.74) is 1.83. The molecule has 1 saturated heterocycles. The number of carbonyl (C=O) groups is 1. The Morgan fingerprint density at radius 3 is 2.42 bits per heavy atom. The molecule has 6 nitrogen and oxygen atoms in total. The minimum Gasteiger partial charge on any atom is -0.481 e. The molecule has 0 spiro atoms. The molecule has 0 saturated carbocycles. The largest absolute Gasteiger partial charge is 0.481 e. The number of hydrogen-bond acceptors (Lipinski definition) is 5. The first-order chi connectivity index (χ1) is 12.5. The topological polar surface area (TPSA) is 57.7 Å². The van der Waals surface area contributed by atoms with E-state index in [4.69, 9.17) is 4.74 Å². The number of anilines is 2. The van der Waals surface area contributed by atoms with Gasteiger partial charge in [-0.05, 0) is 45.2 Å². The Labute approximate surface area is 154 Å². The van der Waals surface area contributed by atoms with E-state index in [1.54, 1.807) is 13.1 Å². The third-order valence-electron chi connectivity index (χ3n) is 4.55. The van der Waals surface area contributed by atoms with Crippen molar-refractivity contribution in [2.45, 2.75) is 20.0 Å². The van der Waals surface area contributed by atoms with Crippen LogP contribution in [0.2, 0.25) is 0 Å². The first-order valence-electron chi connectivity index (χ1n) is 8.95. The zero-order chi connectivity index (χ0) is 18.5. The monoisotopic (exact) mass is 354 g/mol. The Bertz CT molecular complexity index is 722. The molecule has 1 aromatic heterocycles. The third kappa shape index (κ3) is 4.73. The van der Waals surface area contributed by atoms with E-state index in [0.717, 1.165) is 37.6 Å². The number of carbonyl (C=O) groups excluding carboxylic acids is 1. The van der Waals surface area contributed by atoms with Gasteiger partial charge in [-0.1, -0.05) is 17.7 Å². The Kier molecular flexibility index (Phi) is 5.73. The van der Waals surface area contributed by atoms with Crippen molar-refractivity contribution < 1.29 is 9.53 Å². The number of amides is 1. The maximum atomic E-state index is 12.3. The van der Waals surface area contributed by atoms with E-state index in [1.807, 2.05) is 43.3 Å². The quantitative estimate of drug-likeness (QED) is 0.894. The highest BCUT2D eigenvalue weighted by molar-refractivity contribution is 5.94. The van der Waals surface area contributed by atoms with Crippen LogP contribution in [0, 0.1) is 6.92 Å². The van der Waals surface area contributed by atoms with Crippen LogP contribution in [0.15, 0.2) is 42.6 Å². The van der Waals surface area contributed by atoms with Gasteiger partial charge >= 0.3 is 0 Å². The predicted octanol–water partition coefficient (Wildman–Crippen LogP) is 2.55. The average molecular weight is 354 g/mol. The molecule has 1 unspecified atom stereocenters. The van der Waals surface area contributed by atoms with Gasteiger partial charge in [-0.15, -0.1) is 0 Å². The van der Waals surface area contributed by atoms with Crippen LogP contribution in [-0.4, -0.2) is 55.1 Å². The molecule has 26 heavy (non-hydrogen) atoms. The van der Waals surface area contributed by atoms with E-state index in [1.165, 1.54) is 0 Å². The second-order valence-corrected chi connectivity index (χ2v) is 6.76. The first kappa shape index (κ1) is 18.2. The number of ether oxygens (including phenoxy) is 1. The molecule has 1 N–H and O–H groups in total. The smallest absolute Gasteiger partial charge is 0.265 e. The van der Waals surface area contributed by atoms with Crippen molar-refractivity contribution in [1.29, 1.82) is 0 Å². The van der Waals surface area contributed by atoms with E-state index >= 15 is 0 Å². The standard InChI is InChI=1S/C20H26N4O2/c1-15-4-7-18(8-5-15)26-16(2)20(25)22-17-6-9-19(21-14-17)24-12-10-23(3)11-13-24/h4-9,14,16H,10-13H2,1-3H3,(H,22,25). The molecule has 1 amide bonds. The summed E-state index contributed by atoms with van der Waals surface area (Å²) in [6.07, 6.45) is 1.11. The van der Waals surface area contributed by atoms with E-state index in [-0.39, 0.29) is 5.91 Å². The van der Waals surface area contributed by atoms with E-state index in [9.17, 15) is 4.79 Å². The molecule has 1 atom stereocenters. The minimum absolute atomic E-state index is 0.195. The summed E-state index contributed by atoms with van der Waals surface area (Å²) in [5.74, 6) is 1.43. The van der Waals surface area contributed by atoms with Crippen LogP contribution in [0.25, 0.3) is 0 Å². The second-order valence-electron chi connectivity index (χ2n) is 6.76. The molecule has 1 fully saturated rings. The van der Waals surface area contributed by atoms with E-state index in [2.05, 4.69) is 27.1 Å². The maximum absolute atomic E-state index is 12.3. The summed E-state index contributed by atoms with van der Waals surface area (Å²) < 4.78 is 5.69. The molecule has 1 aliphatic rings. The van der Waals surface area contributed by atoms with E-state index < -0.39 is 6.10 Å².